The zero-order valence-corrected chi connectivity index (χ0v) is 17.2. The minimum absolute atomic E-state index is 0.0675. The smallest absolute Gasteiger partial charge is 0.404 e. The van der Waals surface area contributed by atoms with Crippen molar-refractivity contribution >= 4 is 38.5 Å². The molecule has 2 heterocycles. The van der Waals surface area contributed by atoms with Gasteiger partial charge in [-0.25, -0.2) is 22.2 Å². The minimum Gasteiger partial charge on any atom is -0.446 e. The molecular weight excluding hydrogens is 426 g/mol. The normalized spacial score (nSPS) is 18.4. The average Bonchev–Trinajstić information content (AvgIpc) is 3.11. The second kappa shape index (κ2) is 7.54. The molecule has 0 radical (unpaired) electrons. The quantitative estimate of drug-likeness (QED) is 0.432. The number of nitrogens with one attached hydrogen (secondary N) is 1. The number of carbonyl (C=O) groups excluding carboxylic acids is 1. The Kier molecular flexibility index (Phi) is 5.01. The fourth-order valence-corrected chi connectivity index (χ4v) is 4.81. The highest BCUT2D eigenvalue weighted by Gasteiger charge is 2.34. The van der Waals surface area contributed by atoms with Gasteiger partial charge < -0.3 is 15.8 Å². The number of primary amides is 1. The van der Waals surface area contributed by atoms with Crippen LogP contribution in [-0.4, -0.2) is 40.5 Å². The van der Waals surface area contributed by atoms with Gasteiger partial charge in [-0.1, -0.05) is 17.7 Å². The van der Waals surface area contributed by atoms with Gasteiger partial charge >= 0.3 is 11.8 Å². The number of fused-ring (bicyclic) bond motifs is 1. The summed E-state index contributed by atoms with van der Waals surface area (Å²) in [4.78, 5) is 25.9. The number of anilines is 1. The minimum atomic E-state index is -3.95. The number of hydrogen-bond donors (Lipinski definition) is 2. The lowest BCUT2D eigenvalue weighted by Gasteiger charge is -2.35. The summed E-state index contributed by atoms with van der Waals surface area (Å²) < 4.78 is 32.1. The largest absolute Gasteiger partial charge is 0.446 e. The summed E-state index contributed by atoms with van der Waals surface area (Å²) in [5.74, 6) is 0. The highest BCUT2D eigenvalue weighted by molar-refractivity contribution is 7.90. The van der Waals surface area contributed by atoms with Crippen molar-refractivity contribution < 1.29 is 22.9 Å². The van der Waals surface area contributed by atoms with Crippen molar-refractivity contribution in [2.24, 2.45) is 5.73 Å². The van der Waals surface area contributed by atoms with Gasteiger partial charge in [0.15, 0.2) is 5.65 Å². The molecule has 3 aromatic rings. The fourth-order valence-electron chi connectivity index (χ4n) is 3.51. The molecule has 3 N–H and O–H groups in total. The molecule has 2 aromatic heterocycles. The molecule has 31 heavy (non-hydrogen) atoms. The fraction of sp³-hybridized carbons (Fsp3) is 0.263. The Morgan fingerprint density at radius 1 is 1.29 bits per heavy atom. The molecule has 0 aliphatic heterocycles. The average molecular weight is 445 g/mol. The van der Waals surface area contributed by atoms with Crippen LogP contribution in [0.25, 0.3) is 11.0 Å². The van der Waals surface area contributed by atoms with Crippen molar-refractivity contribution in [1.29, 1.82) is 0 Å². The number of carbonyl (C=O) groups is 1. The van der Waals surface area contributed by atoms with Crippen LogP contribution in [0.2, 0.25) is 0 Å². The van der Waals surface area contributed by atoms with Crippen molar-refractivity contribution in [3.8, 4) is 0 Å². The molecule has 0 saturated heterocycles. The summed E-state index contributed by atoms with van der Waals surface area (Å²) in [6, 6.07) is 7.63. The van der Waals surface area contributed by atoms with E-state index in [2.05, 4.69) is 10.3 Å². The third kappa shape index (κ3) is 3.77. The number of nitrogens with zero attached hydrogens (tertiary/aromatic N) is 3. The van der Waals surface area contributed by atoms with E-state index in [9.17, 15) is 23.3 Å². The predicted molar refractivity (Wildman–Crippen MR) is 111 cm³/mol. The molecular formula is C19H19N5O6S. The molecule has 1 aromatic carbocycles. The monoisotopic (exact) mass is 445 g/mol. The highest BCUT2D eigenvalue weighted by atomic mass is 32.2. The summed E-state index contributed by atoms with van der Waals surface area (Å²) >= 11 is 0. The lowest BCUT2D eigenvalue weighted by atomic mass is 9.89. The number of hydrogen-bond acceptors (Lipinski definition) is 8. The number of ether oxygens (including phenoxy) is 1. The number of aromatic nitrogens is 2. The van der Waals surface area contributed by atoms with Gasteiger partial charge in [0.05, 0.1) is 15.2 Å². The van der Waals surface area contributed by atoms with Gasteiger partial charge in [-0.2, -0.15) is 0 Å². The van der Waals surface area contributed by atoms with E-state index in [0.717, 1.165) is 15.7 Å². The van der Waals surface area contributed by atoms with Gasteiger partial charge in [-0.05, 0) is 25.1 Å². The van der Waals surface area contributed by atoms with Crippen LogP contribution < -0.4 is 11.1 Å². The highest BCUT2D eigenvalue weighted by Crippen LogP contribution is 2.37. The first kappa shape index (κ1) is 20.6. The number of aryl methyl sites for hydroxylation is 1. The molecule has 11 nitrogen and oxygen atoms in total. The first-order chi connectivity index (χ1) is 14.7. The Balaban J connectivity index is 1.72. The van der Waals surface area contributed by atoms with E-state index < -0.39 is 21.0 Å². The van der Waals surface area contributed by atoms with Crippen molar-refractivity contribution in [3.63, 3.8) is 0 Å². The standard InChI is InChI=1S/C19H19N5O6S/c1-11-2-4-14(5-3-11)31(28,29)23-7-6-15-17(16(24(26)27)10-21-18(15)23)22-12-8-13(9-12)30-19(20)25/h2-7,10,12-13H,8-9H2,1H3,(H2,20,25)(H,21,22)/t12-,13+. The SMILES string of the molecule is Cc1ccc(S(=O)(=O)n2ccc3c(N[C@H]4C[C@@H](OC(N)=O)C4)c([N+](=O)[O-])cnc32)cc1. The van der Waals surface area contributed by atoms with E-state index in [4.69, 9.17) is 10.5 Å². The number of nitrogens with two attached hydrogens (primary N) is 1. The van der Waals surface area contributed by atoms with Gasteiger partial charge in [0.2, 0.25) is 0 Å². The topological polar surface area (TPSA) is 159 Å². The van der Waals surface area contributed by atoms with Gasteiger partial charge in [0.1, 0.15) is 18.0 Å². The Morgan fingerprint density at radius 3 is 2.58 bits per heavy atom. The zero-order chi connectivity index (χ0) is 22.3. The molecule has 0 spiro atoms. The number of benzene rings is 1. The van der Waals surface area contributed by atoms with E-state index in [0.29, 0.717) is 18.2 Å². The third-order valence-electron chi connectivity index (χ3n) is 5.16. The molecule has 162 valence electrons. The zero-order valence-electron chi connectivity index (χ0n) is 16.4. The van der Waals surface area contributed by atoms with Crippen molar-refractivity contribution in [2.45, 2.75) is 36.8 Å². The van der Waals surface area contributed by atoms with Crippen LogP contribution in [0.3, 0.4) is 0 Å². The van der Waals surface area contributed by atoms with Crippen molar-refractivity contribution in [1.82, 2.24) is 8.96 Å². The molecule has 1 saturated carbocycles. The van der Waals surface area contributed by atoms with E-state index in [-0.39, 0.29) is 34.1 Å². The number of nitro groups is 1. The lowest BCUT2D eigenvalue weighted by molar-refractivity contribution is -0.384. The summed E-state index contributed by atoms with van der Waals surface area (Å²) in [6.45, 7) is 1.85. The number of amides is 1. The van der Waals surface area contributed by atoms with Gasteiger partial charge in [0.25, 0.3) is 10.0 Å². The van der Waals surface area contributed by atoms with E-state index >= 15 is 0 Å². The van der Waals surface area contributed by atoms with Crippen molar-refractivity contribution in [3.05, 3.63) is 58.4 Å². The maximum Gasteiger partial charge on any atom is 0.404 e. The molecule has 1 aliphatic rings. The molecule has 0 bridgehead atoms. The summed E-state index contributed by atoms with van der Waals surface area (Å²) in [7, 11) is -3.95. The molecule has 1 amide bonds. The number of pyridine rings is 1. The summed E-state index contributed by atoms with van der Waals surface area (Å²) in [5, 5.41) is 14.9. The summed E-state index contributed by atoms with van der Waals surface area (Å²) in [5.41, 5.74) is 5.86. The van der Waals surface area contributed by atoms with Gasteiger partial charge in [-0.15, -0.1) is 0 Å². The van der Waals surface area contributed by atoms with Crippen LogP contribution in [0.15, 0.2) is 47.6 Å². The molecule has 0 unspecified atom stereocenters. The Labute approximate surface area is 177 Å². The van der Waals surface area contributed by atoms with Crippen LogP contribution in [-0.2, 0) is 14.8 Å². The molecule has 1 fully saturated rings. The molecule has 0 atom stereocenters. The second-order valence-corrected chi connectivity index (χ2v) is 9.13. The summed E-state index contributed by atoms with van der Waals surface area (Å²) in [6.07, 6.45) is 1.96. The van der Waals surface area contributed by atoms with Crippen LogP contribution in [0, 0.1) is 17.0 Å². The Morgan fingerprint density at radius 2 is 1.97 bits per heavy atom. The van der Waals surface area contributed by atoms with Crippen molar-refractivity contribution in [2.75, 3.05) is 5.32 Å². The third-order valence-corrected chi connectivity index (χ3v) is 6.84. The molecule has 1 aliphatic carbocycles. The van der Waals surface area contributed by atoms with Crippen LogP contribution in [0.4, 0.5) is 16.2 Å². The van der Waals surface area contributed by atoms with Crippen LogP contribution in [0.1, 0.15) is 18.4 Å². The van der Waals surface area contributed by atoms with Crippen LogP contribution in [0.5, 0.6) is 0 Å². The Hall–Kier alpha value is -3.67. The molecule has 12 heteroatoms. The lowest BCUT2D eigenvalue weighted by Crippen LogP contribution is -2.42. The first-order valence-electron chi connectivity index (χ1n) is 9.36. The second-order valence-electron chi connectivity index (χ2n) is 7.31. The van der Waals surface area contributed by atoms with E-state index in [1.165, 1.54) is 24.4 Å². The first-order valence-corrected chi connectivity index (χ1v) is 10.8. The van der Waals surface area contributed by atoms with E-state index in [1.807, 2.05) is 6.92 Å². The maximum absolute atomic E-state index is 13.1. The maximum atomic E-state index is 13.1. The Bertz CT molecular complexity index is 1280. The predicted octanol–water partition coefficient (Wildman–Crippen LogP) is 2.53. The van der Waals surface area contributed by atoms with E-state index in [1.54, 1.807) is 12.1 Å². The van der Waals surface area contributed by atoms with Crippen LogP contribution >= 0.6 is 0 Å². The van der Waals surface area contributed by atoms with Gasteiger partial charge in [0, 0.05) is 25.1 Å². The molecule has 4 rings (SSSR count). The number of rotatable bonds is 6. The van der Waals surface area contributed by atoms with Gasteiger partial charge in [-0.3, -0.25) is 10.1 Å².